The van der Waals surface area contributed by atoms with Crippen molar-refractivity contribution in [1.82, 2.24) is 5.32 Å². The molecule has 2 N–H and O–H groups in total. The molecule has 5 heteroatoms. The van der Waals surface area contributed by atoms with Gasteiger partial charge in [0.15, 0.2) is 6.54 Å². The molecule has 3 nitrogen and oxygen atoms in total. The van der Waals surface area contributed by atoms with Crippen LogP contribution >= 0.6 is 11.3 Å². The average Bonchev–Trinajstić information content (AvgIpc) is 3.22. The van der Waals surface area contributed by atoms with E-state index in [0.717, 1.165) is 23.5 Å². The van der Waals surface area contributed by atoms with Gasteiger partial charge in [0.05, 0.1) is 12.6 Å². The smallest absolute Gasteiger partial charge is 0.275 e. The zero-order valence-electron chi connectivity index (χ0n) is 15.3. The summed E-state index contributed by atoms with van der Waals surface area (Å²) in [6.07, 6.45) is 0. The molecule has 0 aliphatic heterocycles. The van der Waals surface area contributed by atoms with Crippen molar-refractivity contribution in [2.45, 2.75) is 19.5 Å². The molecule has 0 fully saturated rings. The molecule has 0 spiro atoms. The summed E-state index contributed by atoms with van der Waals surface area (Å²) in [4.78, 5) is 15.0. The van der Waals surface area contributed by atoms with Crippen LogP contribution in [-0.4, -0.2) is 19.0 Å². The molecule has 27 heavy (non-hydrogen) atoms. The van der Waals surface area contributed by atoms with E-state index in [1.54, 1.807) is 23.5 Å². The van der Waals surface area contributed by atoms with Crippen molar-refractivity contribution in [3.8, 4) is 0 Å². The summed E-state index contributed by atoms with van der Waals surface area (Å²) >= 11 is 1.58. The van der Waals surface area contributed by atoms with Gasteiger partial charge in [0, 0.05) is 10.4 Å². The van der Waals surface area contributed by atoms with Gasteiger partial charge in [-0.1, -0.05) is 48.5 Å². The fourth-order valence-corrected chi connectivity index (χ4v) is 3.87. The van der Waals surface area contributed by atoms with Crippen LogP contribution in [0.1, 0.15) is 29.0 Å². The van der Waals surface area contributed by atoms with Crippen molar-refractivity contribution in [3.63, 3.8) is 0 Å². The Hall–Kier alpha value is -2.50. The van der Waals surface area contributed by atoms with Gasteiger partial charge in [0.25, 0.3) is 5.91 Å². The molecule has 3 rings (SSSR count). The molecule has 3 aromatic rings. The Morgan fingerprint density at radius 1 is 1.07 bits per heavy atom. The molecule has 0 aliphatic carbocycles. The summed E-state index contributed by atoms with van der Waals surface area (Å²) in [5.41, 5.74) is 2.10. The summed E-state index contributed by atoms with van der Waals surface area (Å²) in [6, 6.07) is 20.2. The number of halogens is 1. The average molecular weight is 384 g/mol. The van der Waals surface area contributed by atoms with Gasteiger partial charge in [-0.25, -0.2) is 4.39 Å². The first-order valence-electron chi connectivity index (χ1n) is 9.11. The number of nitrogens with one attached hydrogen (secondary N) is 2. The van der Waals surface area contributed by atoms with Crippen LogP contribution in [0, 0.1) is 5.82 Å². The molecule has 0 saturated carbocycles. The van der Waals surface area contributed by atoms with Gasteiger partial charge < -0.3 is 10.2 Å². The van der Waals surface area contributed by atoms with Crippen molar-refractivity contribution in [2.24, 2.45) is 0 Å². The Kier molecular flexibility index (Phi) is 6.74. The van der Waals surface area contributed by atoms with Crippen molar-refractivity contribution < 1.29 is 14.1 Å². The third-order valence-electron chi connectivity index (χ3n) is 4.54. The largest absolute Gasteiger partial charge is 0.339 e. The summed E-state index contributed by atoms with van der Waals surface area (Å²) in [7, 11) is 0. The summed E-state index contributed by atoms with van der Waals surface area (Å²) in [5.74, 6) is -0.287. The summed E-state index contributed by atoms with van der Waals surface area (Å²) in [5, 5.41) is 5.12. The number of carbonyl (C=O) groups excluding carboxylic acids is 1. The third kappa shape index (κ3) is 5.49. The second-order valence-electron chi connectivity index (χ2n) is 6.51. The van der Waals surface area contributed by atoms with E-state index in [2.05, 4.69) is 24.4 Å². The number of thiophene rings is 1. The van der Waals surface area contributed by atoms with Gasteiger partial charge >= 0.3 is 0 Å². The van der Waals surface area contributed by atoms with Gasteiger partial charge in [-0.2, -0.15) is 0 Å². The molecule has 0 bridgehead atoms. The fourth-order valence-electron chi connectivity index (χ4n) is 3.07. The van der Waals surface area contributed by atoms with Crippen LogP contribution < -0.4 is 10.2 Å². The van der Waals surface area contributed by atoms with E-state index >= 15 is 0 Å². The van der Waals surface area contributed by atoms with Crippen molar-refractivity contribution >= 4 is 17.2 Å². The molecule has 1 heterocycles. The highest BCUT2D eigenvalue weighted by atomic mass is 32.1. The van der Waals surface area contributed by atoms with Crippen molar-refractivity contribution in [1.29, 1.82) is 0 Å². The summed E-state index contributed by atoms with van der Waals surface area (Å²) in [6.45, 7) is 4.16. The Morgan fingerprint density at radius 3 is 2.44 bits per heavy atom. The highest BCUT2D eigenvalue weighted by Crippen LogP contribution is 2.26. The second kappa shape index (κ2) is 9.44. The first-order valence-corrected chi connectivity index (χ1v) is 9.99. The van der Waals surface area contributed by atoms with E-state index in [1.165, 1.54) is 22.6 Å². The van der Waals surface area contributed by atoms with Crippen molar-refractivity contribution in [2.75, 3.05) is 13.1 Å². The van der Waals surface area contributed by atoms with E-state index in [-0.39, 0.29) is 17.8 Å². The zero-order valence-corrected chi connectivity index (χ0v) is 16.1. The number of quaternary nitrogens is 1. The van der Waals surface area contributed by atoms with Gasteiger partial charge in [-0.05, 0) is 36.1 Å². The maximum Gasteiger partial charge on any atom is 0.275 e. The SMILES string of the molecule is CC[NH+](CC(=O)N[C@@H](c1ccc(F)cc1)c1cccs1)Cc1ccccc1. The quantitative estimate of drug-likeness (QED) is 0.615. The molecule has 1 aromatic heterocycles. The predicted molar refractivity (Wildman–Crippen MR) is 107 cm³/mol. The van der Waals surface area contributed by atoms with Crippen LogP contribution in [0.25, 0.3) is 0 Å². The molecular weight excluding hydrogens is 359 g/mol. The predicted octanol–water partition coefficient (Wildman–Crippen LogP) is 3.20. The standard InChI is InChI=1S/C22H23FN2OS/c1-2-25(15-17-7-4-3-5-8-17)16-21(26)24-22(20-9-6-14-27-20)18-10-12-19(23)13-11-18/h3-14,22H,2,15-16H2,1H3,(H,24,26)/p+1/t22-/m0/s1. The number of hydrogen-bond donors (Lipinski definition) is 2. The number of benzene rings is 2. The summed E-state index contributed by atoms with van der Waals surface area (Å²) < 4.78 is 13.3. The number of hydrogen-bond acceptors (Lipinski definition) is 2. The van der Waals surface area contributed by atoms with Gasteiger partial charge in [0.2, 0.25) is 0 Å². The van der Waals surface area contributed by atoms with E-state index in [1.807, 2.05) is 35.7 Å². The number of likely N-dealkylation sites (N-methyl/N-ethyl adjacent to an activating group) is 1. The Labute approximate surface area is 163 Å². The van der Waals surface area contributed by atoms with Crippen LogP contribution in [0.2, 0.25) is 0 Å². The Bertz CT molecular complexity index is 835. The van der Waals surface area contributed by atoms with Crippen LogP contribution in [0.15, 0.2) is 72.1 Å². The lowest BCUT2D eigenvalue weighted by Crippen LogP contribution is -3.11. The lowest BCUT2D eigenvalue weighted by atomic mass is 10.1. The van der Waals surface area contributed by atoms with Crippen LogP contribution in [0.3, 0.4) is 0 Å². The molecule has 1 amide bonds. The lowest BCUT2D eigenvalue weighted by Gasteiger charge is -2.21. The van der Waals surface area contributed by atoms with Gasteiger partial charge in [-0.15, -0.1) is 11.3 Å². The fraction of sp³-hybridized carbons (Fsp3) is 0.227. The molecular formula is C22H24FN2OS+. The monoisotopic (exact) mass is 383 g/mol. The van der Waals surface area contributed by atoms with Gasteiger partial charge in [-0.3, -0.25) is 4.79 Å². The van der Waals surface area contributed by atoms with E-state index < -0.39 is 0 Å². The van der Waals surface area contributed by atoms with Crippen LogP contribution in [-0.2, 0) is 11.3 Å². The maximum absolute atomic E-state index is 13.3. The first-order chi connectivity index (χ1) is 13.2. The minimum atomic E-state index is -0.278. The van der Waals surface area contributed by atoms with Crippen LogP contribution in [0.4, 0.5) is 4.39 Å². The minimum absolute atomic E-state index is 0.00879. The normalized spacial score (nSPS) is 13.1. The van der Waals surface area contributed by atoms with Gasteiger partial charge in [0.1, 0.15) is 12.4 Å². The molecule has 0 aliphatic rings. The molecule has 2 aromatic carbocycles. The maximum atomic E-state index is 13.3. The zero-order chi connectivity index (χ0) is 19.1. The number of rotatable bonds is 8. The number of carbonyl (C=O) groups is 1. The first kappa shape index (κ1) is 19.3. The Morgan fingerprint density at radius 2 is 1.81 bits per heavy atom. The molecule has 1 unspecified atom stereocenters. The van der Waals surface area contributed by atoms with Crippen LogP contribution in [0.5, 0.6) is 0 Å². The molecule has 2 atom stereocenters. The van der Waals surface area contributed by atoms with Crippen molar-refractivity contribution in [3.05, 3.63) is 93.9 Å². The second-order valence-corrected chi connectivity index (χ2v) is 7.49. The Balaban J connectivity index is 1.69. The van der Waals surface area contributed by atoms with E-state index in [4.69, 9.17) is 0 Å². The molecule has 0 saturated heterocycles. The highest BCUT2D eigenvalue weighted by molar-refractivity contribution is 7.10. The highest BCUT2D eigenvalue weighted by Gasteiger charge is 2.21. The topological polar surface area (TPSA) is 33.5 Å². The van der Waals surface area contributed by atoms with E-state index in [0.29, 0.717) is 6.54 Å². The van der Waals surface area contributed by atoms with E-state index in [9.17, 15) is 9.18 Å². The number of amides is 1. The third-order valence-corrected chi connectivity index (χ3v) is 5.48. The lowest BCUT2D eigenvalue weighted by molar-refractivity contribution is -0.904. The minimum Gasteiger partial charge on any atom is -0.339 e. The molecule has 0 radical (unpaired) electrons. The molecule has 140 valence electrons.